The van der Waals surface area contributed by atoms with E-state index in [1.807, 2.05) is 12.2 Å². The second-order valence-electron chi connectivity index (χ2n) is 19.3. The van der Waals surface area contributed by atoms with Gasteiger partial charge in [-0.05, 0) is 122 Å². The van der Waals surface area contributed by atoms with Crippen LogP contribution in [-0.4, -0.2) is 60.8 Å². The minimum atomic E-state index is -0.541. The van der Waals surface area contributed by atoms with Gasteiger partial charge in [-0.3, -0.25) is 19.3 Å². The zero-order valence-corrected chi connectivity index (χ0v) is 38.3. The number of likely N-dealkylation sites (tertiary alicyclic amines) is 1. The van der Waals surface area contributed by atoms with Crippen molar-refractivity contribution in [1.82, 2.24) is 4.90 Å². The smallest absolute Gasteiger partial charge is 0.311 e. The van der Waals surface area contributed by atoms with Crippen LogP contribution >= 0.6 is 0 Å². The van der Waals surface area contributed by atoms with Gasteiger partial charge in [0, 0.05) is 24.9 Å². The fraction of sp³-hybridized carbons (Fsp3) is 0.860. The average Bonchev–Trinajstić information content (AvgIpc) is 3.70. The van der Waals surface area contributed by atoms with Gasteiger partial charge in [-0.15, -0.1) is 0 Å². The average molecular weight is 800 g/mol. The Morgan fingerprint density at radius 3 is 1.60 bits per heavy atom. The van der Waals surface area contributed by atoms with Crippen molar-refractivity contribution in [1.29, 1.82) is 0 Å². The van der Waals surface area contributed by atoms with E-state index >= 15 is 0 Å². The first-order valence-electron chi connectivity index (χ1n) is 23.9. The lowest BCUT2D eigenvalue weighted by molar-refractivity contribution is -0.162. The summed E-state index contributed by atoms with van der Waals surface area (Å²) < 4.78 is 17.1. The van der Waals surface area contributed by atoms with Crippen LogP contribution in [0.2, 0.25) is 0 Å². The van der Waals surface area contributed by atoms with Crippen molar-refractivity contribution >= 4 is 17.9 Å². The van der Waals surface area contributed by atoms with Gasteiger partial charge >= 0.3 is 17.9 Å². The lowest BCUT2D eigenvalue weighted by atomic mass is 9.73. The van der Waals surface area contributed by atoms with E-state index in [0.29, 0.717) is 31.6 Å². The molecular formula is C50H89NO6. The Kier molecular flexibility index (Phi) is 26.1. The van der Waals surface area contributed by atoms with Gasteiger partial charge in [-0.25, -0.2) is 0 Å². The lowest BCUT2D eigenvalue weighted by Gasteiger charge is -2.41. The van der Waals surface area contributed by atoms with E-state index in [1.165, 1.54) is 64.3 Å². The molecule has 1 saturated carbocycles. The van der Waals surface area contributed by atoms with Crippen LogP contribution in [0.4, 0.5) is 0 Å². The molecule has 7 nitrogen and oxygen atoms in total. The fourth-order valence-corrected chi connectivity index (χ4v) is 8.68. The second kappa shape index (κ2) is 29.1. The van der Waals surface area contributed by atoms with Gasteiger partial charge in [0.15, 0.2) is 0 Å². The second-order valence-corrected chi connectivity index (χ2v) is 19.3. The molecule has 0 spiro atoms. The normalized spacial score (nSPS) is 18.3. The molecule has 330 valence electrons. The molecule has 2 rings (SSSR count). The number of hydrogen-bond donors (Lipinski definition) is 0. The molecule has 2 fully saturated rings. The molecule has 2 atom stereocenters. The highest BCUT2D eigenvalue weighted by molar-refractivity contribution is 5.76. The quantitative estimate of drug-likeness (QED) is 0.0268. The Labute approximate surface area is 351 Å². The predicted octanol–water partition coefficient (Wildman–Crippen LogP) is 13.4. The maximum absolute atomic E-state index is 13.7. The van der Waals surface area contributed by atoms with Crippen molar-refractivity contribution in [2.24, 2.45) is 16.7 Å². The minimum Gasteiger partial charge on any atom is -0.462 e. The molecule has 1 aliphatic heterocycles. The van der Waals surface area contributed by atoms with Crippen molar-refractivity contribution in [3.05, 3.63) is 24.3 Å². The summed E-state index contributed by atoms with van der Waals surface area (Å²) in [6.45, 7) is 18.7. The van der Waals surface area contributed by atoms with Gasteiger partial charge in [0.25, 0.3) is 0 Å². The van der Waals surface area contributed by atoms with Crippen molar-refractivity contribution in [3.63, 3.8) is 0 Å². The summed E-state index contributed by atoms with van der Waals surface area (Å²) in [5.74, 6) is 0.645. The van der Waals surface area contributed by atoms with Crippen LogP contribution in [0.25, 0.3) is 0 Å². The van der Waals surface area contributed by atoms with E-state index in [4.69, 9.17) is 14.2 Å². The van der Waals surface area contributed by atoms with Gasteiger partial charge < -0.3 is 14.2 Å². The molecule has 1 aliphatic carbocycles. The SMILES string of the molecule is CCCCCC/C=C\COC(=O)CCCCCCCC(CCCCCCCC(=O)OC/C=C\CCCCCC)OC(=O)C(C)(C)CC(C)(C)CCN1CC2CC21C. The third kappa shape index (κ3) is 23.3. The van der Waals surface area contributed by atoms with Crippen LogP contribution in [0.1, 0.15) is 222 Å². The number of unbranched alkanes of at least 4 members (excludes halogenated alkanes) is 16. The summed E-state index contributed by atoms with van der Waals surface area (Å²) in [7, 11) is 0. The lowest BCUT2D eigenvalue weighted by Crippen LogP contribution is -2.49. The molecule has 0 aromatic rings. The zero-order chi connectivity index (χ0) is 41.8. The van der Waals surface area contributed by atoms with Gasteiger partial charge in [0.2, 0.25) is 0 Å². The monoisotopic (exact) mass is 800 g/mol. The fourth-order valence-electron chi connectivity index (χ4n) is 8.68. The van der Waals surface area contributed by atoms with Gasteiger partial charge in [0.05, 0.1) is 5.41 Å². The van der Waals surface area contributed by atoms with Crippen LogP contribution in [0.5, 0.6) is 0 Å². The Morgan fingerprint density at radius 1 is 0.667 bits per heavy atom. The molecule has 0 amide bonds. The van der Waals surface area contributed by atoms with E-state index < -0.39 is 5.41 Å². The van der Waals surface area contributed by atoms with E-state index in [0.717, 1.165) is 115 Å². The van der Waals surface area contributed by atoms with Gasteiger partial charge in [-0.2, -0.15) is 0 Å². The Morgan fingerprint density at radius 2 is 1.14 bits per heavy atom. The number of esters is 3. The number of hydrogen-bond acceptors (Lipinski definition) is 7. The minimum absolute atomic E-state index is 0.0579. The molecule has 2 unspecified atom stereocenters. The summed E-state index contributed by atoms with van der Waals surface area (Å²) in [5, 5.41) is 0. The highest BCUT2D eigenvalue weighted by atomic mass is 16.5. The zero-order valence-electron chi connectivity index (χ0n) is 38.3. The van der Waals surface area contributed by atoms with Crippen LogP contribution < -0.4 is 0 Å². The van der Waals surface area contributed by atoms with Gasteiger partial charge in [0.1, 0.15) is 19.3 Å². The van der Waals surface area contributed by atoms with Gasteiger partial charge in [-0.1, -0.05) is 129 Å². The number of carbonyl (C=O) groups excluding carboxylic acids is 3. The number of ether oxygens (including phenoxy) is 3. The van der Waals surface area contributed by atoms with Crippen molar-refractivity contribution in [2.45, 2.75) is 233 Å². The van der Waals surface area contributed by atoms with Crippen LogP contribution in [0.15, 0.2) is 24.3 Å². The van der Waals surface area contributed by atoms with Crippen LogP contribution in [0.3, 0.4) is 0 Å². The molecule has 0 aromatic heterocycles. The third-order valence-electron chi connectivity index (χ3n) is 12.6. The highest BCUT2D eigenvalue weighted by Gasteiger charge is 2.62. The molecule has 7 heteroatoms. The van der Waals surface area contributed by atoms with Crippen molar-refractivity contribution < 1.29 is 28.6 Å². The topological polar surface area (TPSA) is 82.1 Å². The molecule has 0 bridgehead atoms. The first kappa shape index (κ1) is 51.0. The predicted molar refractivity (Wildman–Crippen MR) is 237 cm³/mol. The number of carbonyl (C=O) groups is 3. The summed E-state index contributed by atoms with van der Waals surface area (Å²) in [4.78, 5) is 40.7. The van der Waals surface area contributed by atoms with E-state index in [1.54, 1.807) is 0 Å². The largest absolute Gasteiger partial charge is 0.462 e. The standard InChI is InChI=1S/C50H89NO6/c1-8-10-12-14-16-24-30-38-55-45(52)34-28-22-18-20-26-32-44(33-27-21-19-23-29-35-46(53)56-39-31-25-17-15-13-11-9-2)57-47(54)49(5,6)42-48(3,4)36-37-51-41-43-40-50(43,51)7/h24-25,30-31,43-44H,8-23,26-29,32-42H2,1-7H3/b30-24-,31-25-. The van der Waals surface area contributed by atoms with E-state index in [-0.39, 0.29) is 29.4 Å². The first-order chi connectivity index (χ1) is 27.3. The molecular weight excluding hydrogens is 711 g/mol. The number of nitrogens with zero attached hydrogens (tertiary/aromatic N) is 1. The van der Waals surface area contributed by atoms with E-state index in [9.17, 15) is 14.4 Å². The number of allylic oxidation sites excluding steroid dienone is 2. The summed E-state index contributed by atoms with van der Waals surface area (Å²) in [5.41, 5.74) is -0.0203. The Hall–Kier alpha value is -2.15. The summed E-state index contributed by atoms with van der Waals surface area (Å²) in [6, 6.07) is 0. The van der Waals surface area contributed by atoms with Crippen molar-refractivity contribution in [3.8, 4) is 0 Å². The maximum Gasteiger partial charge on any atom is 0.311 e. The van der Waals surface area contributed by atoms with Crippen molar-refractivity contribution in [2.75, 3.05) is 26.3 Å². The van der Waals surface area contributed by atoms with Crippen LogP contribution in [0, 0.1) is 16.7 Å². The van der Waals surface area contributed by atoms with E-state index in [2.05, 4.69) is 65.5 Å². The summed E-state index contributed by atoms with van der Waals surface area (Å²) in [6.07, 6.45) is 36.3. The maximum atomic E-state index is 13.7. The Bertz CT molecular complexity index is 1110. The number of fused-ring (bicyclic) bond motifs is 1. The third-order valence-corrected chi connectivity index (χ3v) is 12.6. The number of rotatable bonds is 37. The molecule has 1 saturated heterocycles. The molecule has 57 heavy (non-hydrogen) atoms. The summed E-state index contributed by atoms with van der Waals surface area (Å²) >= 11 is 0. The molecule has 2 aliphatic rings. The molecule has 0 radical (unpaired) electrons. The molecule has 1 heterocycles. The highest BCUT2D eigenvalue weighted by Crippen LogP contribution is 2.57. The Balaban J connectivity index is 1.69. The first-order valence-corrected chi connectivity index (χ1v) is 23.9. The molecule has 0 N–H and O–H groups in total. The van der Waals surface area contributed by atoms with Crippen LogP contribution in [-0.2, 0) is 28.6 Å². The molecule has 0 aromatic carbocycles.